The van der Waals surface area contributed by atoms with Crippen molar-refractivity contribution < 1.29 is 13.9 Å². The molecule has 2 aromatic heterocycles. The molecule has 0 radical (unpaired) electrons. The van der Waals surface area contributed by atoms with Crippen molar-refractivity contribution in [3.8, 4) is 0 Å². The van der Waals surface area contributed by atoms with Gasteiger partial charge in [-0.3, -0.25) is 0 Å². The molecule has 0 aliphatic rings. The lowest BCUT2D eigenvalue weighted by Gasteiger charge is -2.09. The number of benzene rings is 3. The summed E-state index contributed by atoms with van der Waals surface area (Å²) in [6.45, 7) is -0.0831. The average Bonchev–Trinajstić information content (AvgIpc) is 3.07. The van der Waals surface area contributed by atoms with E-state index in [0.717, 1.165) is 26.2 Å². The number of rotatable bonds is 3. The Morgan fingerprint density at radius 3 is 2.70 bits per heavy atom. The van der Waals surface area contributed by atoms with E-state index >= 15 is 0 Å². The minimum Gasteiger partial charge on any atom is -0.457 e. The fourth-order valence-electron chi connectivity index (χ4n) is 3.51. The quantitative estimate of drug-likeness (QED) is 0.170. The van der Waals surface area contributed by atoms with E-state index in [-0.39, 0.29) is 6.61 Å². The van der Waals surface area contributed by atoms with E-state index in [0.29, 0.717) is 26.1 Å². The molecule has 0 unspecified atom stereocenters. The van der Waals surface area contributed by atoms with Crippen LogP contribution in [0.2, 0.25) is 10.0 Å². The zero-order chi connectivity index (χ0) is 20.8. The van der Waals surface area contributed by atoms with E-state index in [9.17, 15) is 9.59 Å². The zero-order valence-corrected chi connectivity index (χ0v) is 17.6. The van der Waals surface area contributed by atoms with Crippen molar-refractivity contribution >= 4 is 72.3 Å². The average molecular weight is 455 g/mol. The van der Waals surface area contributed by atoms with E-state index in [4.69, 9.17) is 32.4 Å². The molecule has 0 fully saturated rings. The molecule has 0 saturated heterocycles. The maximum absolute atomic E-state index is 12.7. The summed E-state index contributed by atoms with van der Waals surface area (Å²) in [5.74, 6) is -0.557. The number of carbonyl (C=O) groups excluding carboxylic acids is 1. The second-order valence-electron chi connectivity index (χ2n) is 6.71. The van der Waals surface area contributed by atoms with Crippen LogP contribution < -0.4 is 5.63 Å². The van der Waals surface area contributed by atoms with Crippen molar-refractivity contribution in [2.45, 2.75) is 6.61 Å². The third-order valence-electron chi connectivity index (χ3n) is 4.85. The molecule has 2 heterocycles. The van der Waals surface area contributed by atoms with Crippen LogP contribution >= 0.6 is 34.5 Å². The molecule has 0 aliphatic heterocycles. The molecule has 3 aromatic carbocycles. The van der Waals surface area contributed by atoms with Crippen molar-refractivity contribution in [2.24, 2.45) is 0 Å². The van der Waals surface area contributed by atoms with E-state index in [2.05, 4.69) is 0 Å². The number of ether oxygens (including phenoxy) is 1. The molecular weight excluding hydrogens is 443 g/mol. The number of halogens is 2. The van der Waals surface area contributed by atoms with Gasteiger partial charge in [0, 0.05) is 32.1 Å². The fraction of sp³-hybridized carbons (Fsp3) is 0.0435. The van der Waals surface area contributed by atoms with Crippen LogP contribution in [0, 0.1) is 0 Å². The van der Waals surface area contributed by atoms with Gasteiger partial charge in [0.05, 0.1) is 5.02 Å². The zero-order valence-electron chi connectivity index (χ0n) is 15.3. The van der Waals surface area contributed by atoms with Gasteiger partial charge in [-0.05, 0) is 29.0 Å². The molecule has 5 rings (SSSR count). The molecule has 0 spiro atoms. The van der Waals surface area contributed by atoms with Gasteiger partial charge in [0.25, 0.3) is 0 Å². The molecule has 30 heavy (non-hydrogen) atoms. The smallest absolute Gasteiger partial charge is 0.350 e. The minimum absolute atomic E-state index is 0.0831. The standard InChI is InChI=1S/C23H12Cl2O4S/c24-14-6-7-16-18(10-14)30-22(21(16)25)23(27)28-11-13-9-19(26)29-17-8-5-12-3-1-2-4-15(12)20(13)17/h1-10H,11H2. The lowest BCUT2D eigenvalue weighted by atomic mass is 10.0. The van der Waals surface area contributed by atoms with Gasteiger partial charge >= 0.3 is 11.6 Å². The van der Waals surface area contributed by atoms with Crippen molar-refractivity contribution in [1.29, 1.82) is 0 Å². The summed E-state index contributed by atoms with van der Waals surface area (Å²) in [7, 11) is 0. The Balaban J connectivity index is 1.54. The Bertz CT molecular complexity index is 1520. The highest BCUT2D eigenvalue weighted by molar-refractivity contribution is 7.21. The summed E-state index contributed by atoms with van der Waals surface area (Å²) in [6.07, 6.45) is 0. The summed E-state index contributed by atoms with van der Waals surface area (Å²) in [5.41, 5.74) is 0.520. The van der Waals surface area contributed by atoms with Gasteiger partial charge in [-0.2, -0.15) is 0 Å². The van der Waals surface area contributed by atoms with Gasteiger partial charge in [-0.1, -0.05) is 59.6 Å². The molecule has 0 N–H and O–H groups in total. The summed E-state index contributed by atoms with van der Waals surface area (Å²) in [6, 6.07) is 18.0. The third kappa shape index (κ3) is 3.25. The monoisotopic (exact) mass is 454 g/mol. The molecule has 0 amide bonds. The summed E-state index contributed by atoms with van der Waals surface area (Å²) in [4.78, 5) is 25.1. The van der Waals surface area contributed by atoms with Crippen LogP contribution in [0.5, 0.6) is 0 Å². The van der Waals surface area contributed by atoms with Gasteiger partial charge in [0.15, 0.2) is 0 Å². The topological polar surface area (TPSA) is 56.5 Å². The summed E-state index contributed by atoms with van der Waals surface area (Å²) < 4.78 is 11.7. The predicted molar refractivity (Wildman–Crippen MR) is 121 cm³/mol. The Labute approximate surface area is 184 Å². The van der Waals surface area contributed by atoms with Crippen LogP contribution in [-0.4, -0.2) is 5.97 Å². The first kappa shape index (κ1) is 19.1. The minimum atomic E-state index is -0.557. The van der Waals surface area contributed by atoms with E-state index in [1.807, 2.05) is 30.3 Å². The number of esters is 1. The van der Waals surface area contributed by atoms with Crippen LogP contribution in [-0.2, 0) is 11.3 Å². The number of carbonyl (C=O) groups is 1. The summed E-state index contributed by atoms with van der Waals surface area (Å²) >= 11 is 13.6. The maximum atomic E-state index is 12.7. The molecule has 0 atom stereocenters. The number of hydrogen-bond donors (Lipinski definition) is 0. The normalized spacial score (nSPS) is 11.4. The highest BCUT2D eigenvalue weighted by atomic mass is 35.5. The second kappa shape index (κ2) is 7.43. The number of hydrogen-bond acceptors (Lipinski definition) is 5. The van der Waals surface area contributed by atoms with Crippen LogP contribution in [0.15, 0.2) is 69.9 Å². The van der Waals surface area contributed by atoms with Crippen molar-refractivity contribution in [3.05, 3.63) is 91.6 Å². The van der Waals surface area contributed by atoms with Crippen LogP contribution in [0.1, 0.15) is 15.2 Å². The maximum Gasteiger partial charge on any atom is 0.350 e. The van der Waals surface area contributed by atoms with Crippen LogP contribution in [0.25, 0.3) is 31.8 Å². The lowest BCUT2D eigenvalue weighted by molar-refractivity contribution is 0.0480. The van der Waals surface area contributed by atoms with Crippen molar-refractivity contribution in [2.75, 3.05) is 0 Å². The van der Waals surface area contributed by atoms with E-state index in [1.54, 1.807) is 24.3 Å². The Hall–Kier alpha value is -2.86. The fourth-order valence-corrected chi connectivity index (χ4v) is 5.19. The van der Waals surface area contributed by atoms with Crippen LogP contribution in [0.4, 0.5) is 0 Å². The van der Waals surface area contributed by atoms with Crippen LogP contribution in [0.3, 0.4) is 0 Å². The summed E-state index contributed by atoms with van der Waals surface area (Å²) in [5, 5.41) is 4.30. The SMILES string of the molecule is O=C(OCc1cc(=O)oc2ccc3ccccc3c12)c1sc2cc(Cl)ccc2c1Cl. The van der Waals surface area contributed by atoms with Gasteiger partial charge in [-0.25, -0.2) is 9.59 Å². The highest BCUT2D eigenvalue weighted by Gasteiger charge is 2.20. The largest absolute Gasteiger partial charge is 0.457 e. The highest BCUT2D eigenvalue weighted by Crippen LogP contribution is 2.37. The first-order chi connectivity index (χ1) is 14.5. The van der Waals surface area contributed by atoms with E-state index in [1.165, 1.54) is 17.4 Å². The molecular formula is C23H12Cl2O4S. The Morgan fingerprint density at radius 2 is 1.83 bits per heavy atom. The van der Waals surface area contributed by atoms with Crippen molar-refractivity contribution in [1.82, 2.24) is 0 Å². The molecule has 148 valence electrons. The second-order valence-corrected chi connectivity index (χ2v) is 8.58. The molecule has 0 saturated carbocycles. The molecule has 0 bridgehead atoms. The Morgan fingerprint density at radius 1 is 1.00 bits per heavy atom. The lowest BCUT2D eigenvalue weighted by Crippen LogP contribution is -2.07. The third-order valence-corrected chi connectivity index (χ3v) is 6.72. The Kier molecular flexibility index (Phi) is 4.74. The molecule has 5 aromatic rings. The van der Waals surface area contributed by atoms with Crippen molar-refractivity contribution in [3.63, 3.8) is 0 Å². The van der Waals surface area contributed by atoms with Gasteiger partial charge in [-0.15, -0.1) is 11.3 Å². The first-order valence-corrected chi connectivity index (χ1v) is 10.6. The van der Waals surface area contributed by atoms with E-state index < -0.39 is 11.6 Å². The first-order valence-electron chi connectivity index (χ1n) is 9.00. The number of thiophene rings is 1. The predicted octanol–water partition coefficient (Wildman–Crippen LogP) is 6.82. The van der Waals surface area contributed by atoms with Gasteiger partial charge in [0.1, 0.15) is 17.1 Å². The van der Waals surface area contributed by atoms with Gasteiger partial charge < -0.3 is 9.15 Å². The molecule has 4 nitrogen and oxygen atoms in total. The molecule has 7 heteroatoms. The molecule has 0 aliphatic carbocycles. The van der Waals surface area contributed by atoms with Gasteiger partial charge in [0.2, 0.25) is 0 Å². The number of fused-ring (bicyclic) bond motifs is 4.